The van der Waals surface area contributed by atoms with Crippen LogP contribution in [0.15, 0.2) is 35.5 Å². The molecule has 3 aliphatic carbocycles. The zero-order chi connectivity index (χ0) is 26.7. The van der Waals surface area contributed by atoms with Crippen LogP contribution in [0.1, 0.15) is 85.5 Å². The van der Waals surface area contributed by atoms with Gasteiger partial charge in [-0.15, -0.1) is 0 Å². The normalized spacial score (nSPS) is 33.9. The van der Waals surface area contributed by atoms with Gasteiger partial charge in [0, 0.05) is 6.54 Å². The summed E-state index contributed by atoms with van der Waals surface area (Å²) in [4.78, 5) is 13.1. The number of esters is 1. The number of allylic oxidation sites excluding steroid dienone is 4. The van der Waals surface area contributed by atoms with Crippen LogP contribution in [-0.4, -0.2) is 52.2 Å². The molecule has 3 rings (SSSR count). The standard InChI is InChI=1S/C30H49NO5/c1-19-8-11-23(32)17-22(19)10-9-21-7-6-14-30(5)25(12-13-26(21)30)20(2)24(28(34)36-16-15-31)18-27(33)29(3,4)35/h9-10,20,23-27,32-33,35H,1,6-8,11-18,31H2,2-5H3/t20-,23+,24?,25-,26?,27?,30-/m1/s1. The molecule has 5 N–H and O–H groups in total. The smallest absolute Gasteiger partial charge is 0.309 e. The highest BCUT2D eigenvalue weighted by Crippen LogP contribution is 2.60. The molecular formula is C30H49NO5. The molecule has 0 saturated heterocycles. The van der Waals surface area contributed by atoms with E-state index in [2.05, 4.69) is 32.6 Å². The molecule has 3 unspecified atom stereocenters. The van der Waals surface area contributed by atoms with Crippen molar-refractivity contribution < 1.29 is 24.9 Å². The fraction of sp³-hybridized carbons (Fsp3) is 0.767. The first-order chi connectivity index (χ1) is 16.9. The monoisotopic (exact) mass is 503 g/mol. The van der Waals surface area contributed by atoms with Gasteiger partial charge >= 0.3 is 5.97 Å². The average molecular weight is 504 g/mol. The zero-order valence-electron chi connectivity index (χ0n) is 22.8. The first-order valence-electron chi connectivity index (χ1n) is 13.9. The summed E-state index contributed by atoms with van der Waals surface area (Å²) in [5, 5.41) is 31.1. The molecule has 0 aromatic carbocycles. The lowest BCUT2D eigenvalue weighted by Crippen LogP contribution is -2.44. The number of hydrogen-bond acceptors (Lipinski definition) is 6. The van der Waals surface area contributed by atoms with E-state index in [1.165, 1.54) is 11.1 Å². The van der Waals surface area contributed by atoms with Crippen molar-refractivity contribution in [3.8, 4) is 0 Å². The Balaban J connectivity index is 1.83. The maximum atomic E-state index is 13.1. The molecule has 0 radical (unpaired) electrons. The topological polar surface area (TPSA) is 113 Å². The Morgan fingerprint density at radius 2 is 2.00 bits per heavy atom. The number of hydrogen-bond donors (Lipinski definition) is 4. The van der Waals surface area contributed by atoms with E-state index in [1.807, 2.05) is 0 Å². The molecule has 36 heavy (non-hydrogen) atoms. The number of rotatable bonds is 9. The first-order valence-corrected chi connectivity index (χ1v) is 13.9. The Bertz CT molecular complexity index is 856. The maximum absolute atomic E-state index is 13.1. The van der Waals surface area contributed by atoms with Crippen LogP contribution >= 0.6 is 0 Å². The van der Waals surface area contributed by atoms with Gasteiger partial charge in [0.05, 0.1) is 23.7 Å². The van der Waals surface area contributed by atoms with Gasteiger partial charge in [-0.2, -0.15) is 0 Å². The van der Waals surface area contributed by atoms with E-state index in [9.17, 15) is 20.1 Å². The van der Waals surface area contributed by atoms with Gasteiger partial charge in [-0.1, -0.05) is 43.7 Å². The average Bonchev–Trinajstić information content (AvgIpc) is 3.17. The minimum atomic E-state index is -1.29. The Hall–Kier alpha value is -1.47. The highest BCUT2D eigenvalue weighted by atomic mass is 16.5. The van der Waals surface area contributed by atoms with Gasteiger partial charge < -0.3 is 25.8 Å². The number of ether oxygens (including phenoxy) is 1. The molecule has 0 heterocycles. The molecule has 0 bridgehead atoms. The maximum Gasteiger partial charge on any atom is 0.309 e. The Morgan fingerprint density at radius 1 is 1.28 bits per heavy atom. The van der Waals surface area contributed by atoms with Crippen LogP contribution in [0.2, 0.25) is 0 Å². The Labute approximate surface area is 217 Å². The Morgan fingerprint density at radius 3 is 2.67 bits per heavy atom. The number of fused-ring (bicyclic) bond motifs is 1. The van der Waals surface area contributed by atoms with Crippen LogP contribution in [0.3, 0.4) is 0 Å². The van der Waals surface area contributed by atoms with Crippen molar-refractivity contribution in [2.75, 3.05) is 13.2 Å². The van der Waals surface area contributed by atoms with E-state index in [0.29, 0.717) is 18.3 Å². The summed E-state index contributed by atoms with van der Waals surface area (Å²) in [6.07, 6.45) is 11.1. The minimum Gasteiger partial charge on any atom is -0.464 e. The second-order valence-corrected chi connectivity index (χ2v) is 12.4. The Kier molecular flexibility index (Phi) is 9.64. The molecule has 6 heteroatoms. The summed E-state index contributed by atoms with van der Waals surface area (Å²) in [5.74, 6) is -0.0451. The molecule has 3 aliphatic rings. The molecule has 7 atom stereocenters. The predicted molar refractivity (Wildman–Crippen MR) is 143 cm³/mol. The number of aliphatic hydroxyl groups excluding tert-OH is 2. The van der Waals surface area contributed by atoms with E-state index < -0.39 is 17.6 Å². The molecule has 0 aliphatic heterocycles. The molecule has 204 valence electrons. The fourth-order valence-electron chi connectivity index (χ4n) is 7.14. The second-order valence-electron chi connectivity index (χ2n) is 12.4. The van der Waals surface area contributed by atoms with Crippen molar-refractivity contribution in [2.24, 2.45) is 34.8 Å². The lowest BCUT2D eigenvalue weighted by Gasteiger charge is -2.46. The largest absolute Gasteiger partial charge is 0.464 e. The van der Waals surface area contributed by atoms with E-state index in [-0.39, 0.29) is 43.0 Å². The molecule has 0 aromatic rings. The number of aliphatic hydroxyl groups is 3. The molecule has 3 fully saturated rings. The summed E-state index contributed by atoms with van der Waals surface area (Å²) in [7, 11) is 0. The van der Waals surface area contributed by atoms with Crippen LogP contribution in [0.5, 0.6) is 0 Å². The quantitative estimate of drug-likeness (QED) is 0.346. The van der Waals surface area contributed by atoms with Crippen molar-refractivity contribution in [2.45, 2.75) is 103 Å². The summed E-state index contributed by atoms with van der Waals surface area (Å²) >= 11 is 0. The van der Waals surface area contributed by atoms with E-state index >= 15 is 0 Å². The van der Waals surface area contributed by atoms with Gasteiger partial charge in [-0.3, -0.25) is 4.79 Å². The molecular weight excluding hydrogens is 454 g/mol. The van der Waals surface area contributed by atoms with Crippen molar-refractivity contribution in [3.63, 3.8) is 0 Å². The fourth-order valence-corrected chi connectivity index (χ4v) is 7.14. The summed E-state index contributed by atoms with van der Waals surface area (Å²) in [6, 6.07) is 0. The lowest BCUT2D eigenvalue weighted by molar-refractivity contribution is -0.155. The molecule has 0 aromatic heterocycles. The third kappa shape index (κ3) is 6.50. The van der Waals surface area contributed by atoms with Gasteiger partial charge in [0.15, 0.2) is 0 Å². The van der Waals surface area contributed by atoms with E-state index in [1.54, 1.807) is 13.8 Å². The zero-order valence-corrected chi connectivity index (χ0v) is 22.8. The number of carbonyl (C=O) groups excluding carboxylic acids is 1. The van der Waals surface area contributed by atoms with Crippen LogP contribution < -0.4 is 5.73 Å². The SMILES string of the molecule is C=C1CC[C@H](O)CC1=CC=C1CCC[C@@]2(C)C1CC[C@@H]2[C@H](C)C(CC(O)C(C)(C)O)C(=O)OCCN. The molecule has 0 spiro atoms. The summed E-state index contributed by atoms with van der Waals surface area (Å²) < 4.78 is 5.46. The number of carbonyl (C=O) groups is 1. The van der Waals surface area contributed by atoms with E-state index in [0.717, 1.165) is 50.5 Å². The van der Waals surface area contributed by atoms with Gasteiger partial charge in [-0.25, -0.2) is 0 Å². The van der Waals surface area contributed by atoms with Crippen LogP contribution in [0.25, 0.3) is 0 Å². The van der Waals surface area contributed by atoms with Gasteiger partial charge in [0.25, 0.3) is 0 Å². The highest BCUT2D eigenvalue weighted by molar-refractivity contribution is 5.73. The molecule has 3 saturated carbocycles. The van der Waals surface area contributed by atoms with Gasteiger partial charge in [-0.05, 0) is 100 Å². The van der Waals surface area contributed by atoms with Crippen molar-refractivity contribution >= 4 is 5.97 Å². The summed E-state index contributed by atoms with van der Waals surface area (Å²) in [5.41, 5.74) is 8.12. The summed E-state index contributed by atoms with van der Waals surface area (Å²) in [6.45, 7) is 12.3. The van der Waals surface area contributed by atoms with Crippen LogP contribution in [-0.2, 0) is 9.53 Å². The van der Waals surface area contributed by atoms with Crippen molar-refractivity contribution in [1.29, 1.82) is 0 Å². The van der Waals surface area contributed by atoms with Gasteiger partial charge in [0.2, 0.25) is 0 Å². The van der Waals surface area contributed by atoms with Crippen LogP contribution in [0, 0.1) is 29.1 Å². The molecule has 0 amide bonds. The first kappa shape index (κ1) is 29.1. The minimum absolute atomic E-state index is 0.00764. The van der Waals surface area contributed by atoms with Gasteiger partial charge in [0.1, 0.15) is 6.61 Å². The third-order valence-electron chi connectivity index (χ3n) is 9.45. The second kappa shape index (κ2) is 11.9. The number of nitrogens with two attached hydrogens (primary N) is 1. The highest BCUT2D eigenvalue weighted by Gasteiger charge is 2.53. The van der Waals surface area contributed by atoms with Crippen molar-refractivity contribution in [3.05, 3.63) is 35.5 Å². The predicted octanol–water partition coefficient (Wildman–Crippen LogP) is 4.43. The lowest BCUT2D eigenvalue weighted by atomic mass is 9.59. The third-order valence-corrected chi connectivity index (χ3v) is 9.45. The van der Waals surface area contributed by atoms with Crippen LogP contribution in [0.4, 0.5) is 0 Å². The van der Waals surface area contributed by atoms with Crippen molar-refractivity contribution in [1.82, 2.24) is 0 Å². The molecule has 6 nitrogen and oxygen atoms in total. The van der Waals surface area contributed by atoms with E-state index in [4.69, 9.17) is 10.5 Å².